The molecule has 0 radical (unpaired) electrons. The van der Waals surface area contributed by atoms with Crippen LogP contribution < -0.4 is 9.64 Å². The number of hydrogen-bond donors (Lipinski definition) is 1. The van der Waals surface area contributed by atoms with E-state index in [1.54, 1.807) is 25.1 Å². The molecule has 1 aliphatic rings. The van der Waals surface area contributed by atoms with Crippen LogP contribution in [0.5, 0.6) is 5.88 Å². The van der Waals surface area contributed by atoms with E-state index in [0.29, 0.717) is 42.2 Å². The number of amides is 1. The van der Waals surface area contributed by atoms with Crippen LogP contribution in [0.4, 0.5) is 5.69 Å². The minimum absolute atomic E-state index is 0.114. The molecule has 5 rings (SSSR count). The van der Waals surface area contributed by atoms with Gasteiger partial charge in [-0.25, -0.2) is 4.98 Å². The fourth-order valence-electron chi connectivity index (χ4n) is 4.30. The van der Waals surface area contributed by atoms with Crippen molar-refractivity contribution in [3.05, 3.63) is 70.9 Å². The number of hydrogen-bond acceptors (Lipinski definition) is 8. The van der Waals surface area contributed by atoms with Crippen LogP contribution in [0.3, 0.4) is 0 Å². The highest BCUT2D eigenvalue weighted by Crippen LogP contribution is 2.46. The number of aromatic nitrogens is 5. The van der Waals surface area contributed by atoms with Gasteiger partial charge < -0.3 is 14.0 Å². The Morgan fingerprint density at radius 1 is 1.17 bits per heavy atom. The van der Waals surface area contributed by atoms with Crippen molar-refractivity contribution in [3.63, 3.8) is 0 Å². The van der Waals surface area contributed by atoms with Gasteiger partial charge in [0.15, 0.2) is 5.82 Å². The molecule has 0 saturated heterocycles. The van der Waals surface area contributed by atoms with E-state index in [4.69, 9.17) is 14.0 Å². The minimum atomic E-state index is -0.462. The van der Waals surface area contributed by atoms with Gasteiger partial charge in [-0.2, -0.15) is 10.1 Å². The Labute approximate surface area is 202 Å². The molecule has 4 heterocycles. The molecule has 10 nitrogen and oxygen atoms in total. The van der Waals surface area contributed by atoms with E-state index in [2.05, 4.69) is 39.2 Å². The number of aryl methyl sites for hydroxylation is 1. The van der Waals surface area contributed by atoms with E-state index in [1.165, 1.54) is 0 Å². The number of H-pyrrole nitrogens is 1. The predicted molar refractivity (Wildman–Crippen MR) is 127 cm³/mol. The smallest absolute Gasteiger partial charge is 0.277 e. The maximum atomic E-state index is 13.7. The number of benzene rings is 1. The quantitative estimate of drug-likeness (QED) is 0.380. The molecule has 0 fully saturated rings. The van der Waals surface area contributed by atoms with Crippen LogP contribution in [0.2, 0.25) is 0 Å². The molecule has 0 aliphatic carbocycles. The Balaban J connectivity index is 1.60. The lowest BCUT2D eigenvalue weighted by Gasteiger charge is -2.27. The number of rotatable bonds is 8. The second-order valence-corrected chi connectivity index (χ2v) is 8.56. The average molecular weight is 475 g/mol. The van der Waals surface area contributed by atoms with Gasteiger partial charge in [-0.3, -0.25) is 14.8 Å². The van der Waals surface area contributed by atoms with Crippen molar-refractivity contribution in [3.8, 4) is 17.3 Å². The third kappa shape index (κ3) is 4.06. The van der Waals surface area contributed by atoms with Crippen LogP contribution >= 0.6 is 0 Å². The summed E-state index contributed by atoms with van der Waals surface area (Å²) in [6, 6.07) is 10.8. The van der Waals surface area contributed by atoms with E-state index in [9.17, 15) is 4.79 Å². The molecule has 180 valence electrons. The van der Waals surface area contributed by atoms with Crippen molar-refractivity contribution >= 4 is 11.6 Å². The highest BCUT2D eigenvalue weighted by atomic mass is 16.5. The van der Waals surface area contributed by atoms with Gasteiger partial charge in [0, 0.05) is 35.7 Å². The Morgan fingerprint density at radius 3 is 2.66 bits per heavy atom. The molecule has 1 unspecified atom stereocenters. The number of carbonyl (C=O) groups is 1. The molecule has 1 atom stereocenters. The van der Waals surface area contributed by atoms with Crippen molar-refractivity contribution in [2.75, 3.05) is 25.2 Å². The summed E-state index contributed by atoms with van der Waals surface area (Å²) in [4.78, 5) is 24.2. The Morgan fingerprint density at radius 2 is 1.97 bits per heavy atom. The monoisotopic (exact) mass is 474 g/mol. The van der Waals surface area contributed by atoms with Crippen molar-refractivity contribution in [2.24, 2.45) is 0 Å². The molecule has 1 aromatic carbocycles. The number of aromatic amines is 1. The van der Waals surface area contributed by atoms with E-state index in [0.717, 1.165) is 22.4 Å². The molecule has 1 aliphatic heterocycles. The molecule has 1 N–H and O–H groups in total. The summed E-state index contributed by atoms with van der Waals surface area (Å²) in [5.41, 5.74) is 4.41. The van der Waals surface area contributed by atoms with E-state index >= 15 is 0 Å². The minimum Gasteiger partial charge on any atom is -0.475 e. The number of fused-ring (bicyclic) bond motifs is 1. The Kier molecular flexibility index (Phi) is 6.04. The number of pyridine rings is 1. The normalized spacial score (nSPS) is 15.2. The molecule has 0 bridgehead atoms. The van der Waals surface area contributed by atoms with Crippen LogP contribution in [0, 0.1) is 6.92 Å². The average Bonchev–Trinajstić information content (AvgIpc) is 3.56. The summed E-state index contributed by atoms with van der Waals surface area (Å²) in [6.45, 7) is 6.65. The molecule has 10 heteroatoms. The lowest BCUT2D eigenvalue weighted by Crippen LogP contribution is -2.30. The number of methoxy groups -OCH3 is 1. The summed E-state index contributed by atoms with van der Waals surface area (Å²) in [6.07, 6.45) is 1.67. The van der Waals surface area contributed by atoms with Gasteiger partial charge in [-0.15, -0.1) is 0 Å². The molecule has 4 aromatic rings. The van der Waals surface area contributed by atoms with Crippen LogP contribution in [-0.2, 0) is 4.74 Å². The van der Waals surface area contributed by atoms with Crippen molar-refractivity contribution in [1.82, 2.24) is 25.3 Å². The van der Waals surface area contributed by atoms with Gasteiger partial charge >= 0.3 is 0 Å². The van der Waals surface area contributed by atoms with Crippen molar-refractivity contribution in [2.45, 2.75) is 32.7 Å². The fraction of sp³-hybridized carbons (Fsp3) is 0.320. The van der Waals surface area contributed by atoms with Crippen LogP contribution in [0.1, 0.15) is 58.9 Å². The molecular weight excluding hydrogens is 448 g/mol. The first-order chi connectivity index (χ1) is 17.0. The summed E-state index contributed by atoms with van der Waals surface area (Å²) in [5, 5.41) is 11.3. The van der Waals surface area contributed by atoms with Gasteiger partial charge in [-0.1, -0.05) is 19.0 Å². The maximum Gasteiger partial charge on any atom is 0.277 e. The lowest BCUT2D eigenvalue weighted by atomic mass is 9.95. The van der Waals surface area contributed by atoms with E-state index < -0.39 is 6.04 Å². The zero-order valence-electron chi connectivity index (χ0n) is 20.0. The Hall–Kier alpha value is -4.05. The van der Waals surface area contributed by atoms with Crippen LogP contribution in [-0.4, -0.2) is 51.6 Å². The number of nitrogens with zero attached hydrogens (tertiary/aromatic N) is 5. The first kappa shape index (κ1) is 22.7. The zero-order chi connectivity index (χ0) is 24.5. The first-order valence-electron chi connectivity index (χ1n) is 11.4. The van der Waals surface area contributed by atoms with Crippen molar-refractivity contribution < 1.29 is 18.8 Å². The highest BCUT2D eigenvalue weighted by molar-refractivity contribution is 6.10. The number of carbonyl (C=O) groups excluding carboxylic acids is 1. The SMILES string of the molecule is COCCOc1ncccc1C1c2c(C(C)C)n[nH]c2C(=O)N1c1ccc(-c2nc(C)no2)cc1. The topological polar surface area (TPSA) is 119 Å². The standard InChI is InChI=1S/C25H26N6O4/c1-14(2)20-19-21(29-28-20)25(32)31(17-9-7-16(8-10-17)23-27-15(3)30-35-23)22(19)18-6-5-11-26-24(18)34-13-12-33-4/h5-11,14,22H,12-13H2,1-4H3,(H,28,29). The second-order valence-electron chi connectivity index (χ2n) is 8.56. The molecule has 35 heavy (non-hydrogen) atoms. The number of anilines is 1. The molecular formula is C25H26N6O4. The van der Waals surface area contributed by atoms with E-state index in [-0.39, 0.29) is 11.8 Å². The van der Waals surface area contributed by atoms with Crippen LogP contribution in [0.15, 0.2) is 47.1 Å². The predicted octanol–water partition coefficient (Wildman–Crippen LogP) is 4.06. The van der Waals surface area contributed by atoms with Crippen LogP contribution in [0.25, 0.3) is 11.5 Å². The largest absolute Gasteiger partial charge is 0.475 e. The molecule has 1 amide bonds. The lowest BCUT2D eigenvalue weighted by molar-refractivity contribution is 0.0988. The van der Waals surface area contributed by atoms with Gasteiger partial charge in [0.1, 0.15) is 12.3 Å². The van der Waals surface area contributed by atoms with Crippen molar-refractivity contribution in [1.29, 1.82) is 0 Å². The second kappa shape index (κ2) is 9.30. The summed E-state index contributed by atoms with van der Waals surface area (Å²) in [7, 11) is 1.62. The fourth-order valence-corrected chi connectivity index (χ4v) is 4.30. The highest BCUT2D eigenvalue weighted by Gasteiger charge is 2.44. The number of nitrogens with one attached hydrogen (secondary N) is 1. The van der Waals surface area contributed by atoms with Gasteiger partial charge in [0.05, 0.1) is 18.3 Å². The summed E-state index contributed by atoms with van der Waals surface area (Å²) < 4.78 is 16.4. The third-order valence-electron chi connectivity index (χ3n) is 5.89. The Bertz CT molecular complexity index is 1340. The summed E-state index contributed by atoms with van der Waals surface area (Å²) in [5.74, 6) is 1.38. The first-order valence-corrected chi connectivity index (χ1v) is 11.4. The zero-order valence-corrected chi connectivity index (χ0v) is 20.0. The van der Waals surface area contributed by atoms with Gasteiger partial charge in [-0.05, 0) is 49.2 Å². The third-order valence-corrected chi connectivity index (χ3v) is 5.89. The van der Waals surface area contributed by atoms with Gasteiger partial charge in [0.2, 0.25) is 5.88 Å². The van der Waals surface area contributed by atoms with E-state index in [1.807, 2.05) is 36.4 Å². The summed E-state index contributed by atoms with van der Waals surface area (Å²) >= 11 is 0. The molecule has 3 aromatic heterocycles. The molecule has 0 saturated carbocycles. The number of ether oxygens (including phenoxy) is 2. The maximum absolute atomic E-state index is 13.7. The molecule has 0 spiro atoms. The van der Waals surface area contributed by atoms with Gasteiger partial charge in [0.25, 0.3) is 11.8 Å².